The van der Waals surface area contributed by atoms with E-state index in [0.29, 0.717) is 31.7 Å². The fourth-order valence-electron chi connectivity index (χ4n) is 2.28. The first-order valence-corrected chi connectivity index (χ1v) is 6.11. The van der Waals surface area contributed by atoms with E-state index >= 15 is 0 Å². The van der Waals surface area contributed by atoms with E-state index in [-0.39, 0.29) is 23.2 Å². The normalized spacial score (nSPS) is 16.2. The van der Waals surface area contributed by atoms with E-state index in [0.717, 1.165) is 0 Å². The smallest absolute Gasteiger partial charge is 0.308 e. The van der Waals surface area contributed by atoms with Crippen LogP contribution in [0.3, 0.4) is 0 Å². The van der Waals surface area contributed by atoms with Crippen LogP contribution in [-0.4, -0.2) is 43.2 Å². The molecule has 1 aliphatic heterocycles. The zero-order valence-electron chi connectivity index (χ0n) is 11.0. The van der Waals surface area contributed by atoms with Gasteiger partial charge in [0.15, 0.2) is 5.82 Å². The predicted octanol–water partition coefficient (Wildman–Crippen LogP) is 0.168. The Hall–Kier alpha value is -2.05. The summed E-state index contributed by atoms with van der Waals surface area (Å²) in [4.78, 5) is 31.6. The lowest BCUT2D eigenvalue weighted by molar-refractivity contribution is -0.146. The van der Waals surface area contributed by atoms with Crippen molar-refractivity contribution in [3.05, 3.63) is 16.7 Å². The molecule has 0 bridgehead atoms. The number of anilines is 1. The highest BCUT2D eigenvalue weighted by Gasteiger charge is 2.28. The van der Waals surface area contributed by atoms with Gasteiger partial charge in [-0.25, -0.2) is 4.98 Å². The second kappa shape index (κ2) is 5.73. The van der Waals surface area contributed by atoms with Gasteiger partial charge in [0.1, 0.15) is 0 Å². The molecule has 1 aromatic rings. The number of ether oxygens (including phenoxy) is 2. The van der Waals surface area contributed by atoms with Crippen LogP contribution in [-0.2, 0) is 9.53 Å². The Morgan fingerprint density at radius 1 is 1.42 bits per heavy atom. The summed E-state index contributed by atoms with van der Waals surface area (Å²) in [5, 5.41) is 0. The van der Waals surface area contributed by atoms with Crippen molar-refractivity contribution in [1.82, 2.24) is 9.97 Å². The lowest BCUT2D eigenvalue weighted by atomic mass is 9.97. The third-order valence-electron chi connectivity index (χ3n) is 3.32. The summed E-state index contributed by atoms with van der Waals surface area (Å²) in [5.41, 5.74) is -0.303. The zero-order chi connectivity index (χ0) is 13.8. The molecule has 0 spiro atoms. The minimum absolute atomic E-state index is 0.0748. The van der Waals surface area contributed by atoms with Crippen LogP contribution < -0.4 is 15.2 Å². The van der Waals surface area contributed by atoms with Gasteiger partial charge in [-0.1, -0.05) is 0 Å². The van der Waals surface area contributed by atoms with Crippen LogP contribution in [0.1, 0.15) is 12.8 Å². The standard InChI is InChI=1S/C12H17N3O4/c1-18-9-10(13-7-14-11(9)16)15-5-3-8(4-6-15)12(17)19-2/h7-8H,3-6H2,1-2H3,(H,13,14,16). The van der Waals surface area contributed by atoms with E-state index < -0.39 is 0 Å². The predicted molar refractivity (Wildman–Crippen MR) is 68.4 cm³/mol. The fraction of sp³-hybridized carbons (Fsp3) is 0.583. The van der Waals surface area contributed by atoms with E-state index in [1.165, 1.54) is 20.5 Å². The lowest BCUT2D eigenvalue weighted by Gasteiger charge is -2.31. The van der Waals surface area contributed by atoms with Gasteiger partial charge in [-0.3, -0.25) is 9.59 Å². The zero-order valence-corrected chi connectivity index (χ0v) is 11.0. The van der Waals surface area contributed by atoms with Crippen molar-refractivity contribution >= 4 is 11.8 Å². The number of carbonyl (C=O) groups is 1. The second-order valence-electron chi connectivity index (χ2n) is 4.37. The van der Waals surface area contributed by atoms with Gasteiger partial charge < -0.3 is 19.4 Å². The summed E-state index contributed by atoms with van der Waals surface area (Å²) in [6.45, 7) is 1.29. The van der Waals surface area contributed by atoms with Crippen LogP contribution in [0, 0.1) is 5.92 Å². The highest BCUT2D eigenvalue weighted by Crippen LogP contribution is 2.26. The molecule has 104 valence electrons. The SMILES string of the molecule is COC(=O)C1CCN(c2nc[nH]c(=O)c2OC)CC1. The molecule has 1 N–H and O–H groups in total. The van der Waals surface area contributed by atoms with Gasteiger partial charge in [-0.15, -0.1) is 0 Å². The molecule has 0 amide bonds. The van der Waals surface area contributed by atoms with Crippen molar-refractivity contribution in [3.63, 3.8) is 0 Å². The monoisotopic (exact) mass is 267 g/mol. The van der Waals surface area contributed by atoms with Gasteiger partial charge in [-0.2, -0.15) is 0 Å². The van der Waals surface area contributed by atoms with Crippen molar-refractivity contribution in [2.24, 2.45) is 5.92 Å². The number of nitrogens with zero attached hydrogens (tertiary/aromatic N) is 2. The molecular formula is C12H17N3O4. The molecule has 0 radical (unpaired) electrons. The van der Waals surface area contributed by atoms with Gasteiger partial charge >= 0.3 is 5.97 Å². The van der Waals surface area contributed by atoms with Gasteiger partial charge in [-0.05, 0) is 12.8 Å². The van der Waals surface area contributed by atoms with Crippen molar-refractivity contribution in [2.45, 2.75) is 12.8 Å². The Morgan fingerprint density at radius 3 is 2.68 bits per heavy atom. The minimum Gasteiger partial charge on any atom is -0.489 e. The highest BCUT2D eigenvalue weighted by molar-refractivity contribution is 5.72. The number of piperidine rings is 1. The van der Waals surface area contributed by atoms with Crippen molar-refractivity contribution in [3.8, 4) is 5.75 Å². The summed E-state index contributed by atoms with van der Waals surface area (Å²) in [5.74, 6) is 0.480. The number of aromatic nitrogens is 2. The van der Waals surface area contributed by atoms with Crippen LogP contribution in [0.15, 0.2) is 11.1 Å². The van der Waals surface area contributed by atoms with Crippen LogP contribution in [0.2, 0.25) is 0 Å². The molecule has 0 aromatic carbocycles. The molecule has 1 aromatic heterocycles. The summed E-state index contributed by atoms with van der Waals surface area (Å²) in [6.07, 6.45) is 2.72. The van der Waals surface area contributed by atoms with Crippen molar-refractivity contribution < 1.29 is 14.3 Å². The van der Waals surface area contributed by atoms with E-state index in [2.05, 4.69) is 9.97 Å². The maximum atomic E-state index is 11.6. The first-order chi connectivity index (χ1) is 9.17. The van der Waals surface area contributed by atoms with Gasteiger partial charge in [0.25, 0.3) is 5.56 Å². The molecule has 2 heterocycles. The average molecular weight is 267 g/mol. The second-order valence-corrected chi connectivity index (χ2v) is 4.37. The Kier molecular flexibility index (Phi) is 4.03. The van der Waals surface area contributed by atoms with Gasteiger partial charge in [0, 0.05) is 13.1 Å². The molecule has 19 heavy (non-hydrogen) atoms. The van der Waals surface area contributed by atoms with E-state index in [1.54, 1.807) is 0 Å². The number of hydrogen-bond donors (Lipinski definition) is 1. The molecule has 1 aliphatic rings. The third-order valence-corrected chi connectivity index (χ3v) is 3.32. The molecule has 0 unspecified atom stereocenters. The van der Waals surface area contributed by atoms with E-state index in [1.807, 2.05) is 4.90 Å². The number of rotatable bonds is 3. The number of nitrogens with one attached hydrogen (secondary N) is 1. The first-order valence-electron chi connectivity index (χ1n) is 6.11. The average Bonchev–Trinajstić information content (AvgIpc) is 2.46. The number of esters is 1. The van der Waals surface area contributed by atoms with Crippen LogP contribution >= 0.6 is 0 Å². The molecule has 0 saturated carbocycles. The Labute approximate surface area is 110 Å². The van der Waals surface area contributed by atoms with Crippen LogP contribution in [0.4, 0.5) is 5.82 Å². The van der Waals surface area contributed by atoms with E-state index in [4.69, 9.17) is 9.47 Å². The molecule has 1 fully saturated rings. The molecule has 1 saturated heterocycles. The van der Waals surface area contributed by atoms with Gasteiger partial charge in [0.2, 0.25) is 5.75 Å². The molecule has 7 heteroatoms. The van der Waals surface area contributed by atoms with E-state index in [9.17, 15) is 9.59 Å². The number of methoxy groups -OCH3 is 2. The Balaban J connectivity index is 2.12. The first kappa shape index (κ1) is 13.4. The summed E-state index contributed by atoms with van der Waals surface area (Å²) >= 11 is 0. The topological polar surface area (TPSA) is 84.5 Å². The van der Waals surface area contributed by atoms with Crippen LogP contribution in [0.5, 0.6) is 5.75 Å². The number of H-pyrrole nitrogens is 1. The number of aromatic amines is 1. The Morgan fingerprint density at radius 2 is 2.11 bits per heavy atom. The van der Waals surface area contributed by atoms with Gasteiger partial charge in [0.05, 0.1) is 26.5 Å². The molecule has 7 nitrogen and oxygen atoms in total. The van der Waals surface area contributed by atoms with Crippen molar-refractivity contribution in [1.29, 1.82) is 0 Å². The molecule has 0 atom stereocenters. The maximum absolute atomic E-state index is 11.6. The van der Waals surface area contributed by atoms with Crippen molar-refractivity contribution in [2.75, 3.05) is 32.2 Å². The third kappa shape index (κ3) is 2.69. The summed E-state index contributed by atoms with van der Waals surface area (Å²) in [7, 11) is 2.84. The highest BCUT2D eigenvalue weighted by atomic mass is 16.5. The molecule has 0 aliphatic carbocycles. The maximum Gasteiger partial charge on any atom is 0.308 e. The molecular weight excluding hydrogens is 250 g/mol. The summed E-state index contributed by atoms with van der Waals surface area (Å²) < 4.78 is 9.83. The lowest BCUT2D eigenvalue weighted by Crippen LogP contribution is -2.38. The quantitative estimate of drug-likeness (QED) is 0.786. The molecule has 2 rings (SSSR count). The number of carbonyl (C=O) groups excluding carboxylic acids is 1. The Bertz CT molecular complexity index is 506. The van der Waals surface area contributed by atoms with Crippen LogP contribution in [0.25, 0.3) is 0 Å². The largest absolute Gasteiger partial charge is 0.489 e. The minimum atomic E-state index is -0.303. The fourth-order valence-corrected chi connectivity index (χ4v) is 2.28. The number of hydrogen-bond acceptors (Lipinski definition) is 6. The summed E-state index contributed by atoms with van der Waals surface area (Å²) in [6, 6.07) is 0.